The van der Waals surface area contributed by atoms with Crippen molar-refractivity contribution in [3.63, 3.8) is 0 Å². The standard InChI is InChI=1S/C15H20OS/c1-13(2)12-15(5,16-12)10-8-6-7-9-11(10)17-14(13,3)4/h6-9,12H,1-5H3. The smallest absolute Gasteiger partial charge is 0.119 e. The van der Waals surface area contributed by atoms with Gasteiger partial charge in [-0.05, 0) is 32.4 Å². The van der Waals surface area contributed by atoms with Crippen LogP contribution in [-0.2, 0) is 10.3 Å². The molecule has 0 spiro atoms. The minimum atomic E-state index is -0.0686. The molecule has 2 atom stereocenters. The Kier molecular flexibility index (Phi) is 2.12. The summed E-state index contributed by atoms with van der Waals surface area (Å²) in [5, 5.41) is 0. The first-order chi connectivity index (χ1) is 7.79. The van der Waals surface area contributed by atoms with Crippen molar-refractivity contribution < 1.29 is 4.74 Å². The van der Waals surface area contributed by atoms with E-state index in [4.69, 9.17) is 4.74 Å². The molecule has 2 heteroatoms. The average Bonchev–Trinajstić information content (AvgIpc) is 2.92. The van der Waals surface area contributed by atoms with Gasteiger partial charge in [-0.25, -0.2) is 0 Å². The summed E-state index contributed by atoms with van der Waals surface area (Å²) in [6.45, 7) is 11.6. The van der Waals surface area contributed by atoms with Crippen molar-refractivity contribution >= 4 is 11.8 Å². The van der Waals surface area contributed by atoms with E-state index >= 15 is 0 Å². The van der Waals surface area contributed by atoms with Crippen LogP contribution in [0.2, 0.25) is 0 Å². The fourth-order valence-electron chi connectivity index (χ4n) is 2.94. The predicted molar refractivity (Wildman–Crippen MR) is 72.4 cm³/mol. The Labute approximate surface area is 108 Å². The number of thioether (sulfide) groups is 1. The van der Waals surface area contributed by atoms with Gasteiger partial charge in [0.2, 0.25) is 0 Å². The van der Waals surface area contributed by atoms with Crippen LogP contribution in [0.25, 0.3) is 0 Å². The molecule has 1 saturated heterocycles. The van der Waals surface area contributed by atoms with Crippen LogP contribution in [0.5, 0.6) is 0 Å². The molecule has 0 aromatic heterocycles. The Morgan fingerprint density at radius 1 is 1.06 bits per heavy atom. The Hall–Kier alpha value is -0.470. The summed E-state index contributed by atoms with van der Waals surface area (Å²) < 4.78 is 6.29. The van der Waals surface area contributed by atoms with E-state index in [0.717, 1.165) is 0 Å². The van der Waals surface area contributed by atoms with E-state index in [1.165, 1.54) is 10.5 Å². The van der Waals surface area contributed by atoms with Gasteiger partial charge in [-0.15, -0.1) is 11.8 Å². The van der Waals surface area contributed by atoms with Gasteiger partial charge in [-0.1, -0.05) is 32.0 Å². The van der Waals surface area contributed by atoms with Gasteiger partial charge in [0.05, 0.1) is 6.10 Å². The van der Waals surface area contributed by atoms with Gasteiger partial charge >= 0.3 is 0 Å². The monoisotopic (exact) mass is 248 g/mol. The Balaban J connectivity index is 2.19. The van der Waals surface area contributed by atoms with Gasteiger partial charge in [0, 0.05) is 15.1 Å². The van der Waals surface area contributed by atoms with Crippen molar-refractivity contribution in [1.82, 2.24) is 0 Å². The molecule has 0 bridgehead atoms. The van der Waals surface area contributed by atoms with Gasteiger partial charge in [-0.2, -0.15) is 0 Å². The number of epoxide rings is 1. The van der Waals surface area contributed by atoms with Crippen LogP contribution in [0, 0.1) is 5.41 Å². The van der Waals surface area contributed by atoms with Crippen LogP contribution in [0.1, 0.15) is 40.2 Å². The number of rotatable bonds is 0. The summed E-state index contributed by atoms with van der Waals surface area (Å²) in [7, 11) is 0. The minimum absolute atomic E-state index is 0.0686. The summed E-state index contributed by atoms with van der Waals surface area (Å²) in [4.78, 5) is 1.38. The molecule has 1 fully saturated rings. The first kappa shape index (κ1) is 11.6. The van der Waals surface area contributed by atoms with Gasteiger partial charge in [0.15, 0.2) is 0 Å². The molecule has 17 heavy (non-hydrogen) atoms. The highest BCUT2D eigenvalue weighted by Gasteiger charge is 2.66. The summed E-state index contributed by atoms with van der Waals surface area (Å²) in [5.74, 6) is 0. The number of fused-ring (bicyclic) bond motifs is 3. The molecule has 92 valence electrons. The lowest BCUT2D eigenvalue weighted by molar-refractivity contribution is 0.192. The molecule has 1 nitrogen and oxygen atoms in total. The van der Waals surface area contributed by atoms with Gasteiger partial charge in [0.25, 0.3) is 0 Å². The zero-order chi connectivity index (χ0) is 12.5. The molecule has 0 radical (unpaired) electrons. The quantitative estimate of drug-likeness (QED) is 0.638. The molecule has 2 heterocycles. The second-order valence-electron chi connectivity index (χ2n) is 6.44. The zero-order valence-corrected chi connectivity index (χ0v) is 12.0. The van der Waals surface area contributed by atoms with E-state index < -0.39 is 0 Å². The lowest BCUT2D eigenvalue weighted by Gasteiger charge is -2.39. The molecule has 0 aliphatic carbocycles. The van der Waals surface area contributed by atoms with E-state index in [2.05, 4.69) is 58.9 Å². The first-order valence-electron chi connectivity index (χ1n) is 6.25. The molecule has 3 rings (SSSR count). The molecule has 2 aliphatic rings. The zero-order valence-electron chi connectivity index (χ0n) is 11.2. The number of hydrogen-bond donors (Lipinski definition) is 0. The van der Waals surface area contributed by atoms with Crippen molar-refractivity contribution in [2.75, 3.05) is 0 Å². The summed E-state index contributed by atoms with van der Waals surface area (Å²) in [6.07, 6.45) is 0.334. The van der Waals surface area contributed by atoms with Crippen molar-refractivity contribution in [2.45, 2.75) is 56.0 Å². The molecular weight excluding hydrogens is 228 g/mol. The third kappa shape index (κ3) is 1.37. The second-order valence-corrected chi connectivity index (χ2v) is 8.10. The molecule has 0 amide bonds. The van der Waals surface area contributed by atoms with Crippen molar-refractivity contribution in [2.24, 2.45) is 5.41 Å². The SMILES string of the molecule is CC12OC1C(C)(C)C(C)(C)Sc1ccccc12. The summed E-state index contributed by atoms with van der Waals surface area (Å²) in [6, 6.07) is 8.70. The largest absolute Gasteiger partial charge is 0.361 e. The summed E-state index contributed by atoms with van der Waals surface area (Å²) >= 11 is 1.99. The average molecular weight is 248 g/mol. The first-order valence-corrected chi connectivity index (χ1v) is 7.07. The third-order valence-electron chi connectivity index (χ3n) is 4.80. The van der Waals surface area contributed by atoms with Gasteiger partial charge in [-0.3, -0.25) is 0 Å². The van der Waals surface area contributed by atoms with Crippen molar-refractivity contribution in [1.29, 1.82) is 0 Å². The number of benzene rings is 1. The third-order valence-corrected chi connectivity index (χ3v) is 6.41. The maximum atomic E-state index is 6.11. The van der Waals surface area contributed by atoms with E-state index in [1.54, 1.807) is 0 Å². The van der Waals surface area contributed by atoms with Crippen LogP contribution < -0.4 is 0 Å². The molecule has 2 unspecified atom stereocenters. The van der Waals surface area contributed by atoms with Gasteiger partial charge < -0.3 is 4.74 Å². The maximum absolute atomic E-state index is 6.11. The molecule has 1 aromatic carbocycles. The van der Waals surface area contributed by atoms with Crippen LogP contribution in [0.4, 0.5) is 0 Å². The van der Waals surface area contributed by atoms with E-state index in [9.17, 15) is 0 Å². The number of ether oxygens (including phenoxy) is 1. The molecular formula is C15H20OS. The Morgan fingerprint density at radius 3 is 2.41 bits per heavy atom. The normalized spacial score (nSPS) is 36.6. The predicted octanol–water partition coefficient (Wildman–Crippen LogP) is 4.21. The molecule has 2 aliphatic heterocycles. The van der Waals surface area contributed by atoms with Crippen LogP contribution in [0.3, 0.4) is 0 Å². The lowest BCUT2D eigenvalue weighted by Crippen LogP contribution is -2.40. The van der Waals surface area contributed by atoms with Crippen molar-refractivity contribution in [3.05, 3.63) is 29.8 Å². The van der Waals surface area contributed by atoms with E-state index in [-0.39, 0.29) is 15.8 Å². The molecule has 0 saturated carbocycles. The minimum Gasteiger partial charge on any atom is -0.361 e. The Morgan fingerprint density at radius 2 is 1.71 bits per heavy atom. The van der Waals surface area contributed by atoms with Crippen molar-refractivity contribution in [3.8, 4) is 0 Å². The topological polar surface area (TPSA) is 12.5 Å². The lowest BCUT2D eigenvalue weighted by atomic mass is 9.73. The highest BCUT2D eigenvalue weighted by molar-refractivity contribution is 8.00. The fourth-order valence-corrected chi connectivity index (χ4v) is 4.39. The Bertz CT molecular complexity index is 478. The van der Waals surface area contributed by atoms with Crippen LogP contribution in [-0.4, -0.2) is 10.9 Å². The highest BCUT2D eigenvalue weighted by atomic mass is 32.2. The highest BCUT2D eigenvalue weighted by Crippen LogP contribution is 2.65. The number of hydrogen-bond acceptors (Lipinski definition) is 2. The summed E-state index contributed by atoms with van der Waals surface area (Å²) in [5.41, 5.74) is 1.47. The van der Waals surface area contributed by atoms with E-state index in [1.807, 2.05) is 11.8 Å². The maximum Gasteiger partial charge on any atom is 0.119 e. The second kappa shape index (κ2) is 3.10. The van der Waals surface area contributed by atoms with Gasteiger partial charge in [0.1, 0.15) is 5.60 Å². The molecule has 1 aromatic rings. The van der Waals surface area contributed by atoms with Crippen LogP contribution in [0.15, 0.2) is 29.2 Å². The van der Waals surface area contributed by atoms with Crippen LogP contribution >= 0.6 is 11.8 Å². The molecule has 0 N–H and O–H groups in total. The van der Waals surface area contributed by atoms with E-state index in [0.29, 0.717) is 6.10 Å². The fraction of sp³-hybridized carbons (Fsp3) is 0.600.